The number of nitrogens with zero attached hydrogens (tertiary/aromatic N) is 1. The Morgan fingerprint density at radius 3 is 2.57 bits per heavy atom. The second kappa shape index (κ2) is 4.91. The van der Waals surface area contributed by atoms with Crippen molar-refractivity contribution < 1.29 is 0 Å². The normalized spacial score (nSPS) is 12.5. The molecule has 0 heterocycles. The molecule has 4 N–H and O–H groups in total. The lowest BCUT2D eigenvalue weighted by Crippen LogP contribution is -2.50. The van der Waals surface area contributed by atoms with Gasteiger partial charge in [-0.05, 0) is 17.2 Å². The van der Waals surface area contributed by atoms with Crippen LogP contribution < -0.4 is 16.0 Å². The molecule has 0 bridgehead atoms. The number of hydrogen-bond donors (Lipinski definition) is 2. The molecule has 1 aromatic rings. The van der Waals surface area contributed by atoms with Crippen LogP contribution in [0.25, 0.3) is 0 Å². The van der Waals surface area contributed by atoms with E-state index in [0.717, 1.165) is 17.2 Å². The summed E-state index contributed by atoms with van der Waals surface area (Å²) >= 11 is 0. The Balaban J connectivity index is 3.13. The van der Waals surface area contributed by atoms with Crippen molar-refractivity contribution in [3.05, 3.63) is 29.8 Å². The Bertz CT molecular complexity index is 343. The van der Waals surface area contributed by atoms with Gasteiger partial charge in [-0.25, -0.2) is 0 Å². The number of rotatable bonds is 3. The van der Waals surface area contributed by atoms with E-state index < -0.39 is 9.12 Å². The summed E-state index contributed by atoms with van der Waals surface area (Å²) in [6.07, 6.45) is 0.800. The molecule has 1 atom stereocenters. The molecule has 14 heavy (non-hydrogen) atoms. The van der Waals surface area contributed by atoms with E-state index in [9.17, 15) is 0 Å². The molecule has 4 heteroatoms. The second-order valence-corrected chi connectivity index (χ2v) is 4.92. The van der Waals surface area contributed by atoms with Crippen LogP contribution in [-0.4, -0.2) is 9.12 Å². The first-order valence-electron chi connectivity index (χ1n) is 4.70. The maximum Gasteiger partial charge on any atom is 0.212 e. The summed E-state index contributed by atoms with van der Waals surface area (Å²) in [5, 5.41) is 21.5. The monoisotopic (exact) mass is 205 g/mol. The fourth-order valence-corrected chi connectivity index (χ4v) is 2.53. The first kappa shape index (κ1) is 10.9. The van der Waals surface area contributed by atoms with Gasteiger partial charge in [0.1, 0.15) is 0 Å². The van der Waals surface area contributed by atoms with Crippen molar-refractivity contribution in [2.75, 3.05) is 0 Å². The van der Waals surface area contributed by atoms with E-state index in [0.29, 0.717) is 0 Å². The topological polar surface area (TPSA) is 75.8 Å². The molecule has 0 fully saturated rings. The van der Waals surface area contributed by atoms with Crippen LogP contribution in [0.3, 0.4) is 0 Å². The average molecular weight is 205 g/mol. The summed E-state index contributed by atoms with van der Waals surface area (Å²) in [7, 11) is -1.80. The number of nitriles is 1. The molecule has 1 rings (SSSR count). The Hall–Kier alpha value is -1.15. The highest BCUT2D eigenvalue weighted by atomic mass is 28.3. The number of hydrogen-bond acceptors (Lipinski definition) is 3. The SMILES string of the molecule is CCC(C#N)c1ccccc1[SiH](N)N. The lowest BCUT2D eigenvalue weighted by Gasteiger charge is -2.14. The highest BCUT2D eigenvalue weighted by Crippen LogP contribution is 2.15. The van der Waals surface area contributed by atoms with Crippen molar-refractivity contribution in [2.24, 2.45) is 10.8 Å². The van der Waals surface area contributed by atoms with Gasteiger partial charge in [0, 0.05) is 0 Å². The largest absolute Gasteiger partial charge is 0.338 e. The predicted octanol–water partition coefficient (Wildman–Crippen LogP) is 0.0487. The van der Waals surface area contributed by atoms with Crippen molar-refractivity contribution in [1.82, 2.24) is 0 Å². The van der Waals surface area contributed by atoms with Gasteiger partial charge in [-0.1, -0.05) is 31.2 Å². The molecule has 0 aliphatic heterocycles. The zero-order chi connectivity index (χ0) is 10.6. The van der Waals surface area contributed by atoms with Gasteiger partial charge in [0.25, 0.3) is 0 Å². The molecule has 0 aliphatic carbocycles. The van der Waals surface area contributed by atoms with Crippen molar-refractivity contribution in [3.8, 4) is 6.07 Å². The molecule has 0 saturated heterocycles. The van der Waals surface area contributed by atoms with Crippen LogP contribution in [0.1, 0.15) is 24.8 Å². The van der Waals surface area contributed by atoms with Crippen LogP contribution in [-0.2, 0) is 0 Å². The second-order valence-electron chi connectivity index (χ2n) is 3.24. The molecule has 0 aliphatic rings. The molecule has 1 unspecified atom stereocenters. The molecule has 0 amide bonds. The maximum atomic E-state index is 8.97. The van der Waals surface area contributed by atoms with E-state index >= 15 is 0 Å². The van der Waals surface area contributed by atoms with Gasteiger partial charge in [0.15, 0.2) is 0 Å². The lowest BCUT2D eigenvalue weighted by molar-refractivity contribution is 0.822. The average Bonchev–Trinajstić information content (AvgIpc) is 2.20. The third-order valence-electron chi connectivity index (χ3n) is 2.29. The summed E-state index contributed by atoms with van der Waals surface area (Å²) in [4.78, 5) is 0. The van der Waals surface area contributed by atoms with Gasteiger partial charge in [-0.15, -0.1) is 0 Å². The van der Waals surface area contributed by atoms with Crippen LogP contribution in [0.5, 0.6) is 0 Å². The fourth-order valence-electron chi connectivity index (χ4n) is 1.51. The summed E-state index contributed by atoms with van der Waals surface area (Å²) < 4.78 is 0. The lowest BCUT2D eigenvalue weighted by atomic mass is 9.98. The Morgan fingerprint density at radius 1 is 1.43 bits per heavy atom. The Labute approximate surface area is 86.1 Å². The number of nitrogens with two attached hydrogens (primary N) is 2. The molecular formula is C10H15N3Si. The number of benzene rings is 1. The molecule has 0 saturated carbocycles. The zero-order valence-electron chi connectivity index (χ0n) is 8.27. The van der Waals surface area contributed by atoms with Crippen molar-refractivity contribution in [1.29, 1.82) is 5.26 Å². The van der Waals surface area contributed by atoms with Crippen LogP contribution in [0.15, 0.2) is 24.3 Å². The minimum atomic E-state index is -1.80. The van der Waals surface area contributed by atoms with Gasteiger partial charge in [-0.2, -0.15) is 5.26 Å². The first-order valence-corrected chi connectivity index (χ1v) is 6.61. The van der Waals surface area contributed by atoms with E-state index in [1.54, 1.807) is 0 Å². The maximum absolute atomic E-state index is 8.97. The predicted molar refractivity (Wildman–Crippen MR) is 60.2 cm³/mol. The summed E-state index contributed by atoms with van der Waals surface area (Å²) in [5.74, 6) is -0.0756. The molecule has 74 valence electrons. The Kier molecular flexibility index (Phi) is 3.83. The van der Waals surface area contributed by atoms with E-state index in [1.807, 2.05) is 31.2 Å². The first-order chi connectivity index (χ1) is 6.70. The summed E-state index contributed by atoms with van der Waals surface area (Å²) in [5.41, 5.74) is 1.01. The van der Waals surface area contributed by atoms with Crippen LogP contribution in [0.2, 0.25) is 0 Å². The third kappa shape index (κ3) is 2.20. The summed E-state index contributed by atoms with van der Waals surface area (Å²) in [6.45, 7) is 1.99. The molecule has 0 aromatic heterocycles. The van der Waals surface area contributed by atoms with E-state index in [-0.39, 0.29) is 5.92 Å². The van der Waals surface area contributed by atoms with Crippen LogP contribution in [0.4, 0.5) is 0 Å². The van der Waals surface area contributed by atoms with Gasteiger partial charge in [0.05, 0.1) is 12.0 Å². The third-order valence-corrected chi connectivity index (χ3v) is 3.54. The van der Waals surface area contributed by atoms with Crippen LogP contribution in [0, 0.1) is 11.3 Å². The molecule has 0 spiro atoms. The molecule has 3 nitrogen and oxygen atoms in total. The standard InChI is InChI=1S/C10H15N3Si/c1-2-8(7-11)9-5-3-4-6-10(9)14(12)13/h3-6,8,14H,2,12-13H2,1H3. The fraction of sp³-hybridized carbons (Fsp3) is 0.300. The molecule has 0 radical (unpaired) electrons. The van der Waals surface area contributed by atoms with Gasteiger partial charge in [-0.3, -0.25) is 0 Å². The van der Waals surface area contributed by atoms with Gasteiger partial charge in [0.2, 0.25) is 9.12 Å². The minimum absolute atomic E-state index is 0.0756. The van der Waals surface area contributed by atoms with Gasteiger partial charge < -0.3 is 10.8 Å². The van der Waals surface area contributed by atoms with E-state index in [4.69, 9.17) is 16.1 Å². The smallest absolute Gasteiger partial charge is 0.212 e. The van der Waals surface area contributed by atoms with Gasteiger partial charge >= 0.3 is 0 Å². The van der Waals surface area contributed by atoms with Crippen molar-refractivity contribution in [2.45, 2.75) is 19.3 Å². The highest BCUT2D eigenvalue weighted by molar-refractivity contribution is 6.67. The Morgan fingerprint density at radius 2 is 2.07 bits per heavy atom. The molecule has 1 aromatic carbocycles. The van der Waals surface area contributed by atoms with E-state index in [1.165, 1.54) is 0 Å². The highest BCUT2D eigenvalue weighted by Gasteiger charge is 2.15. The van der Waals surface area contributed by atoms with Crippen molar-refractivity contribution in [3.63, 3.8) is 0 Å². The van der Waals surface area contributed by atoms with E-state index in [2.05, 4.69) is 6.07 Å². The van der Waals surface area contributed by atoms with Crippen molar-refractivity contribution >= 4 is 14.3 Å². The summed E-state index contributed by atoms with van der Waals surface area (Å²) in [6, 6.07) is 10.0. The van der Waals surface area contributed by atoms with Crippen LogP contribution >= 0.6 is 0 Å². The zero-order valence-corrected chi connectivity index (χ0v) is 9.43. The quantitative estimate of drug-likeness (QED) is 0.685. The molecular weight excluding hydrogens is 190 g/mol. The minimum Gasteiger partial charge on any atom is -0.338 e.